The Bertz CT molecular complexity index is 1240. The third-order valence-electron chi connectivity index (χ3n) is 4.47. The second kappa shape index (κ2) is 7.88. The van der Waals surface area contributed by atoms with Crippen molar-refractivity contribution in [2.24, 2.45) is 5.73 Å². The van der Waals surface area contributed by atoms with Gasteiger partial charge in [0, 0.05) is 11.9 Å². The smallest absolute Gasteiger partial charge is 0.250 e. The van der Waals surface area contributed by atoms with Crippen molar-refractivity contribution in [2.45, 2.75) is 18.6 Å². The van der Waals surface area contributed by atoms with E-state index in [9.17, 15) is 9.59 Å². The van der Waals surface area contributed by atoms with E-state index in [1.54, 1.807) is 24.3 Å². The molecule has 2 amide bonds. The van der Waals surface area contributed by atoms with Gasteiger partial charge in [0.15, 0.2) is 5.65 Å². The fourth-order valence-corrected chi connectivity index (χ4v) is 3.78. The summed E-state index contributed by atoms with van der Waals surface area (Å²) in [5, 5.41) is 12.6. The number of primary amides is 1. The molecule has 0 atom stereocenters. The first kappa shape index (κ1) is 18.9. The number of aryl methyl sites for hydroxylation is 1. The number of hydrogen-bond acceptors (Lipinski definition) is 6. The monoisotopic (exact) mass is 406 g/mol. The Morgan fingerprint density at radius 2 is 1.86 bits per heavy atom. The first-order valence-corrected chi connectivity index (χ1v) is 10.00. The number of nitrogens with one attached hydrogen (secondary N) is 1. The summed E-state index contributed by atoms with van der Waals surface area (Å²) in [5.74, 6) is -0.811. The summed E-state index contributed by atoms with van der Waals surface area (Å²) in [5.41, 5.74) is 8.52. The van der Waals surface area contributed by atoms with E-state index in [4.69, 9.17) is 5.73 Å². The lowest BCUT2D eigenvalue weighted by Crippen LogP contribution is -2.19. The molecule has 9 heteroatoms. The van der Waals surface area contributed by atoms with E-state index in [-0.39, 0.29) is 17.2 Å². The van der Waals surface area contributed by atoms with Crippen LogP contribution in [0.25, 0.3) is 22.1 Å². The van der Waals surface area contributed by atoms with Gasteiger partial charge in [-0.1, -0.05) is 42.1 Å². The van der Waals surface area contributed by atoms with Crippen molar-refractivity contribution in [1.29, 1.82) is 0 Å². The van der Waals surface area contributed by atoms with Crippen molar-refractivity contribution in [2.75, 3.05) is 11.1 Å². The normalized spacial score (nSPS) is 11.1. The standard InChI is InChI=1S/C20H18N6O2S/c1-2-26-15-10-6-4-8-13(15)17-19(26)23-20(25-24-17)29-11-16(27)22-14-9-5-3-7-12(14)18(21)28/h3-10H,2,11H2,1H3,(H2,21,28)(H,22,27). The zero-order valence-corrected chi connectivity index (χ0v) is 16.4. The van der Waals surface area contributed by atoms with E-state index < -0.39 is 5.91 Å². The highest BCUT2D eigenvalue weighted by molar-refractivity contribution is 7.99. The molecule has 8 nitrogen and oxygen atoms in total. The molecule has 2 aromatic carbocycles. The highest BCUT2D eigenvalue weighted by Gasteiger charge is 2.15. The van der Waals surface area contributed by atoms with Crippen LogP contribution in [0.3, 0.4) is 0 Å². The molecule has 0 spiro atoms. The Labute approximate surface area is 170 Å². The van der Waals surface area contributed by atoms with Crippen LogP contribution in [-0.2, 0) is 11.3 Å². The Balaban J connectivity index is 1.54. The minimum Gasteiger partial charge on any atom is -0.366 e. The molecule has 4 aromatic rings. The maximum Gasteiger partial charge on any atom is 0.250 e. The van der Waals surface area contributed by atoms with Gasteiger partial charge < -0.3 is 15.6 Å². The number of fused-ring (bicyclic) bond motifs is 3. The van der Waals surface area contributed by atoms with Gasteiger partial charge in [-0.15, -0.1) is 10.2 Å². The number of nitrogens with zero attached hydrogens (tertiary/aromatic N) is 4. The number of thioether (sulfide) groups is 1. The van der Waals surface area contributed by atoms with E-state index in [0.29, 0.717) is 10.8 Å². The number of carbonyl (C=O) groups is 2. The van der Waals surface area contributed by atoms with Crippen LogP contribution in [0.4, 0.5) is 5.69 Å². The zero-order valence-electron chi connectivity index (χ0n) is 15.6. The molecule has 0 aliphatic rings. The van der Waals surface area contributed by atoms with E-state index in [2.05, 4.69) is 25.1 Å². The molecule has 146 valence electrons. The SMILES string of the molecule is CCn1c2ccccc2c2nnc(SCC(=O)Nc3ccccc3C(N)=O)nc21. The van der Waals surface area contributed by atoms with Crippen molar-refractivity contribution in [3.8, 4) is 0 Å². The molecule has 2 aromatic heterocycles. The Morgan fingerprint density at radius 1 is 1.10 bits per heavy atom. The maximum atomic E-state index is 12.3. The number of para-hydroxylation sites is 2. The van der Waals surface area contributed by atoms with Crippen molar-refractivity contribution < 1.29 is 9.59 Å². The number of hydrogen-bond donors (Lipinski definition) is 2. The minimum absolute atomic E-state index is 0.0760. The largest absolute Gasteiger partial charge is 0.366 e. The second-order valence-electron chi connectivity index (χ2n) is 6.27. The van der Waals surface area contributed by atoms with Gasteiger partial charge in [0.1, 0.15) is 5.52 Å². The van der Waals surface area contributed by atoms with Crippen LogP contribution in [0.1, 0.15) is 17.3 Å². The van der Waals surface area contributed by atoms with Crippen LogP contribution in [0.2, 0.25) is 0 Å². The Hall–Kier alpha value is -3.46. The van der Waals surface area contributed by atoms with Gasteiger partial charge in [0.2, 0.25) is 11.1 Å². The van der Waals surface area contributed by atoms with E-state index in [1.807, 2.05) is 31.2 Å². The summed E-state index contributed by atoms with van der Waals surface area (Å²) in [7, 11) is 0. The molecule has 3 N–H and O–H groups in total. The molecular formula is C20H18N6O2S. The molecule has 0 fully saturated rings. The van der Waals surface area contributed by atoms with Crippen molar-refractivity contribution in [1.82, 2.24) is 19.7 Å². The number of rotatable bonds is 6. The molecule has 29 heavy (non-hydrogen) atoms. The molecule has 0 saturated carbocycles. The number of aromatic nitrogens is 4. The number of nitrogens with two attached hydrogens (primary N) is 1. The summed E-state index contributed by atoms with van der Waals surface area (Å²) in [6.45, 7) is 2.79. The number of benzene rings is 2. The maximum absolute atomic E-state index is 12.3. The molecule has 0 bridgehead atoms. The van der Waals surface area contributed by atoms with E-state index in [0.717, 1.165) is 28.6 Å². The first-order chi connectivity index (χ1) is 14.1. The fourth-order valence-electron chi connectivity index (χ4n) is 3.19. The van der Waals surface area contributed by atoms with Crippen LogP contribution in [0, 0.1) is 0 Å². The van der Waals surface area contributed by atoms with Gasteiger partial charge in [0.25, 0.3) is 5.91 Å². The van der Waals surface area contributed by atoms with Gasteiger partial charge in [-0.25, -0.2) is 4.98 Å². The fraction of sp³-hybridized carbons (Fsp3) is 0.150. The van der Waals surface area contributed by atoms with Crippen LogP contribution in [0.5, 0.6) is 0 Å². The average Bonchev–Trinajstić information content (AvgIpc) is 3.05. The summed E-state index contributed by atoms with van der Waals surface area (Å²) in [6, 6.07) is 14.6. The average molecular weight is 406 g/mol. The number of carbonyl (C=O) groups excluding carboxylic acids is 2. The summed E-state index contributed by atoms with van der Waals surface area (Å²) in [6.07, 6.45) is 0. The molecule has 2 heterocycles. The lowest BCUT2D eigenvalue weighted by molar-refractivity contribution is -0.113. The lowest BCUT2D eigenvalue weighted by atomic mass is 10.1. The predicted octanol–water partition coefficient (Wildman–Crippen LogP) is 2.83. The molecule has 0 radical (unpaired) electrons. The Morgan fingerprint density at radius 3 is 2.66 bits per heavy atom. The predicted molar refractivity (Wildman–Crippen MR) is 113 cm³/mol. The second-order valence-corrected chi connectivity index (χ2v) is 7.22. The highest BCUT2D eigenvalue weighted by atomic mass is 32.2. The van der Waals surface area contributed by atoms with Crippen LogP contribution < -0.4 is 11.1 Å². The molecular weight excluding hydrogens is 388 g/mol. The first-order valence-electron chi connectivity index (χ1n) is 9.01. The summed E-state index contributed by atoms with van der Waals surface area (Å²) < 4.78 is 2.08. The molecule has 0 saturated heterocycles. The van der Waals surface area contributed by atoms with E-state index >= 15 is 0 Å². The third-order valence-corrected chi connectivity index (χ3v) is 5.31. The molecule has 0 aliphatic carbocycles. The number of anilines is 1. The molecule has 0 aliphatic heterocycles. The minimum atomic E-state index is -0.598. The summed E-state index contributed by atoms with van der Waals surface area (Å²) >= 11 is 1.18. The molecule has 0 unspecified atom stereocenters. The van der Waals surface area contributed by atoms with Crippen LogP contribution >= 0.6 is 11.8 Å². The topological polar surface area (TPSA) is 116 Å². The third kappa shape index (κ3) is 3.64. The van der Waals surface area contributed by atoms with Gasteiger partial charge in [-0.3, -0.25) is 9.59 Å². The quantitative estimate of drug-likeness (QED) is 0.476. The zero-order chi connectivity index (χ0) is 20.4. The highest BCUT2D eigenvalue weighted by Crippen LogP contribution is 2.27. The van der Waals surface area contributed by atoms with Crippen LogP contribution in [-0.4, -0.2) is 37.3 Å². The van der Waals surface area contributed by atoms with E-state index in [1.165, 1.54) is 11.8 Å². The van der Waals surface area contributed by atoms with Crippen molar-refractivity contribution in [3.63, 3.8) is 0 Å². The van der Waals surface area contributed by atoms with Gasteiger partial charge in [-0.05, 0) is 25.1 Å². The van der Waals surface area contributed by atoms with Gasteiger partial charge >= 0.3 is 0 Å². The Kier molecular flexibility index (Phi) is 5.13. The lowest BCUT2D eigenvalue weighted by Gasteiger charge is -2.08. The summed E-state index contributed by atoms with van der Waals surface area (Å²) in [4.78, 5) is 28.4. The number of amides is 2. The van der Waals surface area contributed by atoms with Crippen molar-refractivity contribution in [3.05, 3.63) is 54.1 Å². The van der Waals surface area contributed by atoms with Crippen LogP contribution in [0.15, 0.2) is 53.7 Å². The van der Waals surface area contributed by atoms with Gasteiger partial charge in [-0.2, -0.15) is 0 Å². The molecule has 4 rings (SSSR count). The van der Waals surface area contributed by atoms with Gasteiger partial charge in [0.05, 0.1) is 22.5 Å². The van der Waals surface area contributed by atoms with Crippen molar-refractivity contribution >= 4 is 51.3 Å².